The van der Waals surface area contributed by atoms with Crippen molar-refractivity contribution < 1.29 is 9.53 Å². The van der Waals surface area contributed by atoms with Gasteiger partial charge in [0.2, 0.25) is 5.91 Å². The standard InChI is InChI=1S/C18H28N2O2/c1-3-6-17(19)18(21)20-11-9-16(10-12-20)22-13-15-8-5-4-7-14(15)2/h4-5,7-8,16-17H,3,6,9-13,19H2,1-2H3/t17-/m0/s1. The highest BCUT2D eigenvalue weighted by atomic mass is 16.5. The van der Waals surface area contributed by atoms with E-state index in [0.717, 1.165) is 38.8 Å². The molecule has 1 atom stereocenters. The largest absolute Gasteiger partial charge is 0.373 e. The third-order valence-corrected chi connectivity index (χ3v) is 4.41. The summed E-state index contributed by atoms with van der Waals surface area (Å²) in [5, 5.41) is 0. The van der Waals surface area contributed by atoms with Crippen LogP contribution in [0, 0.1) is 6.92 Å². The zero-order valence-electron chi connectivity index (χ0n) is 13.8. The maximum atomic E-state index is 12.2. The molecule has 4 nitrogen and oxygen atoms in total. The molecule has 1 saturated heterocycles. The van der Waals surface area contributed by atoms with Gasteiger partial charge >= 0.3 is 0 Å². The number of nitrogens with two attached hydrogens (primary N) is 1. The van der Waals surface area contributed by atoms with Crippen LogP contribution < -0.4 is 5.73 Å². The molecular formula is C18H28N2O2. The van der Waals surface area contributed by atoms with Gasteiger partial charge in [0.15, 0.2) is 0 Å². The van der Waals surface area contributed by atoms with E-state index >= 15 is 0 Å². The molecule has 1 amide bonds. The quantitative estimate of drug-likeness (QED) is 0.879. The van der Waals surface area contributed by atoms with Crippen LogP contribution in [0.1, 0.15) is 43.7 Å². The highest BCUT2D eigenvalue weighted by molar-refractivity contribution is 5.81. The molecule has 1 aliphatic rings. The number of hydrogen-bond donors (Lipinski definition) is 1. The van der Waals surface area contributed by atoms with Gasteiger partial charge in [-0.1, -0.05) is 37.6 Å². The Morgan fingerprint density at radius 1 is 1.36 bits per heavy atom. The molecule has 1 heterocycles. The lowest BCUT2D eigenvalue weighted by molar-refractivity contribution is -0.135. The number of benzene rings is 1. The molecule has 1 aromatic carbocycles. The van der Waals surface area contributed by atoms with Gasteiger partial charge in [0.1, 0.15) is 0 Å². The average molecular weight is 304 g/mol. The van der Waals surface area contributed by atoms with Crippen LogP contribution in [0.3, 0.4) is 0 Å². The van der Waals surface area contributed by atoms with Crippen molar-refractivity contribution in [2.24, 2.45) is 5.73 Å². The number of likely N-dealkylation sites (tertiary alicyclic amines) is 1. The fourth-order valence-corrected chi connectivity index (χ4v) is 2.89. The van der Waals surface area contributed by atoms with Crippen molar-refractivity contribution in [3.8, 4) is 0 Å². The number of hydrogen-bond acceptors (Lipinski definition) is 3. The molecule has 22 heavy (non-hydrogen) atoms. The van der Waals surface area contributed by atoms with Crippen LogP contribution in [0.5, 0.6) is 0 Å². The maximum absolute atomic E-state index is 12.2. The van der Waals surface area contributed by atoms with Crippen molar-refractivity contribution in [3.63, 3.8) is 0 Å². The molecule has 0 bridgehead atoms. The third-order valence-electron chi connectivity index (χ3n) is 4.41. The van der Waals surface area contributed by atoms with E-state index in [4.69, 9.17) is 10.5 Å². The molecule has 1 fully saturated rings. The number of piperidine rings is 1. The number of carbonyl (C=O) groups is 1. The van der Waals surface area contributed by atoms with E-state index in [1.807, 2.05) is 17.0 Å². The lowest BCUT2D eigenvalue weighted by Crippen LogP contribution is -2.48. The lowest BCUT2D eigenvalue weighted by Gasteiger charge is -2.33. The summed E-state index contributed by atoms with van der Waals surface area (Å²) in [6.45, 7) is 6.33. The number of ether oxygens (including phenoxy) is 1. The van der Waals surface area contributed by atoms with Crippen LogP contribution in [0.25, 0.3) is 0 Å². The van der Waals surface area contributed by atoms with Crippen LogP contribution in [-0.4, -0.2) is 36.0 Å². The third kappa shape index (κ3) is 4.55. The Morgan fingerprint density at radius 2 is 2.05 bits per heavy atom. The second kappa shape index (κ2) is 8.30. The van der Waals surface area contributed by atoms with Gasteiger partial charge in [-0.25, -0.2) is 0 Å². The highest BCUT2D eigenvalue weighted by Gasteiger charge is 2.26. The lowest BCUT2D eigenvalue weighted by atomic mass is 10.0. The van der Waals surface area contributed by atoms with Crippen LogP contribution in [-0.2, 0) is 16.1 Å². The molecule has 0 radical (unpaired) electrons. The van der Waals surface area contributed by atoms with Gasteiger partial charge in [-0.15, -0.1) is 0 Å². The number of rotatable bonds is 6. The number of nitrogens with zero attached hydrogens (tertiary/aromatic N) is 1. The van der Waals surface area contributed by atoms with Gasteiger partial charge in [0.25, 0.3) is 0 Å². The Bertz CT molecular complexity index is 482. The molecule has 0 aromatic heterocycles. The number of amides is 1. The Hall–Kier alpha value is -1.39. The Labute approximate surface area is 133 Å². The SMILES string of the molecule is CCC[C@H](N)C(=O)N1CCC(OCc2ccccc2C)CC1. The highest BCUT2D eigenvalue weighted by Crippen LogP contribution is 2.18. The summed E-state index contributed by atoms with van der Waals surface area (Å²) in [5.74, 6) is 0.0965. The van der Waals surface area contributed by atoms with Crippen LogP contribution in [0.2, 0.25) is 0 Å². The zero-order chi connectivity index (χ0) is 15.9. The van der Waals surface area contributed by atoms with Crippen molar-refractivity contribution in [2.45, 2.75) is 58.3 Å². The Morgan fingerprint density at radius 3 is 2.68 bits per heavy atom. The van der Waals surface area contributed by atoms with Crippen molar-refractivity contribution in [3.05, 3.63) is 35.4 Å². The molecule has 0 spiro atoms. The first kappa shape index (κ1) is 17.0. The summed E-state index contributed by atoms with van der Waals surface area (Å²) in [7, 11) is 0. The summed E-state index contributed by atoms with van der Waals surface area (Å²) in [6.07, 6.45) is 3.75. The molecule has 1 aliphatic heterocycles. The van der Waals surface area contributed by atoms with E-state index in [2.05, 4.69) is 26.0 Å². The first-order chi connectivity index (χ1) is 10.6. The van der Waals surface area contributed by atoms with Gasteiger partial charge in [-0.2, -0.15) is 0 Å². The molecule has 0 aliphatic carbocycles. The predicted molar refractivity (Wildman–Crippen MR) is 88.5 cm³/mol. The molecular weight excluding hydrogens is 276 g/mol. The van der Waals surface area contributed by atoms with Gasteiger partial charge in [-0.05, 0) is 37.3 Å². The fourth-order valence-electron chi connectivity index (χ4n) is 2.89. The number of aryl methyl sites for hydroxylation is 1. The van der Waals surface area contributed by atoms with Gasteiger partial charge in [-0.3, -0.25) is 4.79 Å². The van der Waals surface area contributed by atoms with Crippen LogP contribution in [0.4, 0.5) is 0 Å². The predicted octanol–water partition coefficient (Wildman–Crippen LogP) is 2.63. The van der Waals surface area contributed by atoms with Crippen molar-refractivity contribution in [2.75, 3.05) is 13.1 Å². The van der Waals surface area contributed by atoms with E-state index in [1.165, 1.54) is 11.1 Å². The number of carbonyl (C=O) groups excluding carboxylic acids is 1. The van der Waals surface area contributed by atoms with E-state index in [1.54, 1.807) is 0 Å². The summed E-state index contributed by atoms with van der Waals surface area (Å²) in [5.41, 5.74) is 8.43. The van der Waals surface area contributed by atoms with Gasteiger partial charge < -0.3 is 15.4 Å². The molecule has 0 saturated carbocycles. The molecule has 2 N–H and O–H groups in total. The smallest absolute Gasteiger partial charge is 0.239 e. The monoisotopic (exact) mass is 304 g/mol. The Kier molecular flexibility index (Phi) is 6.40. The summed E-state index contributed by atoms with van der Waals surface area (Å²) in [4.78, 5) is 14.1. The summed E-state index contributed by atoms with van der Waals surface area (Å²) < 4.78 is 6.02. The van der Waals surface area contributed by atoms with Crippen molar-refractivity contribution >= 4 is 5.91 Å². The fraction of sp³-hybridized carbons (Fsp3) is 0.611. The Balaban J connectivity index is 1.75. The molecule has 4 heteroatoms. The topological polar surface area (TPSA) is 55.6 Å². The molecule has 0 unspecified atom stereocenters. The maximum Gasteiger partial charge on any atom is 0.239 e. The van der Waals surface area contributed by atoms with E-state index in [0.29, 0.717) is 6.61 Å². The second-order valence-corrected chi connectivity index (χ2v) is 6.16. The van der Waals surface area contributed by atoms with Gasteiger partial charge in [0, 0.05) is 13.1 Å². The molecule has 122 valence electrons. The van der Waals surface area contributed by atoms with Gasteiger partial charge in [0.05, 0.1) is 18.8 Å². The second-order valence-electron chi connectivity index (χ2n) is 6.16. The average Bonchev–Trinajstić information content (AvgIpc) is 2.54. The molecule has 1 aromatic rings. The zero-order valence-corrected chi connectivity index (χ0v) is 13.8. The van der Waals surface area contributed by atoms with Crippen molar-refractivity contribution in [1.82, 2.24) is 4.90 Å². The summed E-state index contributed by atoms with van der Waals surface area (Å²) >= 11 is 0. The van der Waals surface area contributed by atoms with E-state index in [9.17, 15) is 4.79 Å². The minimum Gasteiger partial charge on any atom is -0.373 e. The van der Waals surface area contributed by atoms with Crippen LogP contribution in [0.15, 0.2) is 24.3 Å². The summed E-state index contributed by atoms with van der Waals surface area (Å²) in [6, 6.07) is 7.96. The first-order valence-corrected chi connectivity index (χ1v) is 8.32. The van der Waals surface area contributed by atoms with Crippen LogP contribution >= 0.6 is 0 Å². The first-order valence-electron chi connectivity index (χ1n) is 8.32. The van der Waals surface area contributed by atoms with E-state index < -0.39 is 0 Å². The van der Waals surface area contributed by atoms with E-state index in [-0.39, 0.29) is 18.1 Å². The minimum absolute atomic E-state index is 0.0965. The molecule has 2 rings (SSSR count). The normalized spacial score (nSPS) is 17.5. The minimum atomic E-state index is -0.338. The van der Waals surface area contributed by atoms with Crippen molar-refractivity contribution in [1.29, 1.82) is 0 Å².